The Morgan fingerprint density at radius 3 is 2.10 bits per heavy atom. The minimum absolute atomic E-state index is 0.0120. The number of thiazole rings is 1. The molecule has 0 bridgehead atoms. The highest BCUT2D eigenvalue weighted by atomic mass is 32.1. The summed E-state index contributed by atoms with van der Waals surface area (Å²) in [6.07, 6.45) is 0.376. The largest absolute Gasteiger partial charge is 0.302 e. The highest BCUT2D eigenvalue weighted by Gasteiger charge is 2.19. The van der Waals surface area contributed by atoms with Gasteiger partial charge in [0.15, 0.2) is 5.13 Å². The lowest BCUT2D eigenvalue weighted by atomic mass is 9.88. The number of para-hydroxylation sites is 1. The summed E-state index contributed by atoms with van der Waals surface area (Å²) in [5.74, 6) is 0.385. The first kappa shape index (κ1) is 19.3. The molecule has 0 aliphatic heterocycles. The zero-order valence-corrected chi connectivity index (χ0v) is 17.4. The van der Waals surface area contributed by atoms with Gasteiger partial charge in [-0.2, -0.15) is 0 Å². The van der Waals surface area contributed by atoms with Crippen molar-refractivity contribution in [3.05, 3.63) is 95.6 Å². The van der Waals surface area contributed by atoms with Crippen molar-refractivity contribution in [2.75, 3.05) is 5.32 Å². The average molecular weight is 401 g/mol. The van der Waals surface area contributed by atoms with Crippen molar-refractivity contribution in [1.29, 1.82) is 0 Å². The van der Waals surface area contributed by atoms with Crippen LogP contribution in [0.25, 0.3) is 10.2 Å². The van der Waals surface area contributed by atoms with Gasteiger partial charge in [-0.3, -0.25) is 4.79 Å². The van der Waals surface area contributed by atoms with Gasteiger partial charge in [0.25, 0.3) is 0 Å². The highest BCUT2D eigenvalue weighted by molar-refractivity contribution is 7.22. The molecule has 0 unspecified atom stereocenters. The lowest BCUT2D eigenvalue weighted by Crippen LogP contribution is -2.16. The van der Waals surface area contributed by atoms with Crippen LogP contribution in [0, 0.1) is 0 Å². The number of aromatic nitrogens is 1. The quantitative estimate of drug-likeness (QED) is 0.397. The van der Waals surface area contributed by atoms with E-state index in [0.717, 1.165) is 21.3 Å². The minimum atomic E-state index is -0.0205. The summed E-state index contributed by atoms with van der Waals surface area (Å²) >= 11 is 1.53. The fourth-order valence-corrected chi connectivity index (χ4v) is 4.56. The predicted molar refractivity (Wildman–Crippen MR) is 122 cm³/mol. The van der Waals surface area contributed by atoms with Crippen LogP contribution in [0.4, 0.5) is 5.13 Å². The molecule has 4 rings (SSSR count). The summed E-state index contributed by atoms with van der Waals surface area (Å²) in [5.41, 5.74) is 4.48. The maximum Gasteiger partial charge on any atom is 0.227 e. The molecule has 0 aliphatic carbocycles. The number of amides is 1. The molecule has 29 heavy (non-hydrogen) atoms. The third-order valence-electron chi connectivity index (χ3n) is 5.11. The molecule has 0 atom stereocenters. The van der Waals surface area contributed by atoms with Gasteiger partial charge in [-0.25, -0.2) is 4.98 Å². The van der Waals surface area contributed by atoms with Crippen molar-refractivity contribution >= 4 is 32.6 Å². The molecule has 1 amide bonds. The zero-order chi connectivity index (χ0) is 20.2. The number of fused-ring (bicyclic) bond motifs is 1. The van der Waals surface area contributed by atoms with Crippen LogP contribution < -0.4 is 5.32 Å². The maximum atomic E-state index is 12.9. The van der Waals surface area contributed by atoms with E-state index in [0.29, 0.717) is 17.5 Å². The fraction of sp³-hybridized carbons (Fsp3) is 0.200. The van der Waals surface area contributed by atoms with Gasteiger partial charge in [-0.05, 0) is 28.7 Å². The molecule has 0 spiro atoms. The van der Waals surface area contributed by atoms with E-state index in [4.69, 9.17) is 4.98 Å². The Balaban J connectivity index is 1.57. The number of carbonyl (C=O) groups excluding carboxylic acids is 1. The number of anilines is 1. The van der Waals surface area contributed by atoms with Crippen LogP contribution in [-0.2, 0) is 4.79 Å². The second-order valence-corrected chi connectivity index (χ2v) is 8.52. The number of carbonyl (C=O) groups is 1. The molecule has 0 fully saturated rings. The molecule has 0 saturated carbocycles. The summed E-state index contributed by atoms with van der Waals surface area (Å²) in [6.45, 7) is 4.33. The van der Waals surface area contributed by atoms with Crippen LogP contribution in [0.5, 0.6) is 0 Å². The van der Waals surface area contributed by atoms with Gasteiger partial charge in [0, 0.05) is 12.3 Å². The number of rotatable bonds is 6. The molecule has 1 aromatic heterocycles. The fourth-order valence-electron chi connectivity index (χ4n) is 3.64. The van der Waals surface area contributed by atoms with Crippen LogP contribution in [0.1, 0.15) is 48.8 Å². The molecule has 0 aliphatic rings. The monoisotopic (exact) mass is 400 g/mol. The third-order valence-corrected chi connectivity index (χ3v) is 6.05. The van der Waals surface area contributed by atoms with E-state index in [1.807, 2.05) is 36.4 Å². The Morgan fingerprint density at radius 1 is 0.897 bits per heavy atom. The van der Waals surface area contributed by atoms with Crippen molar-refractivity contribution in [3.8, 4) is 0 Å². The van der Waals surface area contributed by atoms with Crippen LogP contribution in [0.15, 0.2) is 78.9 Å². The molecule has 3 nitrogen and oxygen atoms in total. The van der Waals surface area contributed by atoms with Crippen molar-refractivity contribution in [2.24, 2.45) is 0 Å². The lowest BCUT2D eigenvalue weighted by Gasteiger charge is -2.17. The second kappa shape index (κ2) is 8.58. The first-order chi connectivity index (χ1) is 14.1. The predicted octanol–water partition coefficient (Wildman–Crippen LogP) is 6.58. The van der Waals surface area contributed by atoms with Crippen molar-refractivity contribution < 1.29 is 4.79 Å². The Labute approximate surface area is 175 Å². The van der Waals surface area contributed by atoms with E-state index in [-0.39, 0.29) is 11.8 Å². The molecule has 3 aromatic carbocycles. The molecule has 1 N–H and O–H groups in total. The summed E-state index contributed by atoms with van der Waals surface area (Å²) in [4.78, 5) is 17.6. The second-order valence-electron chi connectivity index (χ2n) is 7.49. The van der Waals surface area contributed by atoms with Crippen molar-refractivity contribution in [1.82, 2.24) is 4.98 Å². The van der Waals surface area contributed by atoms with Crippen LogP contribution in [0.3, 0.4) is 0 Å². The molecule has 0 saturated heterocycles. The van der Waals surface area contributed by atoms with Crippen LogP contribution in [0.2, 0.25) is 0 Å². The number of nitrogens with zero attached hydrogens (tertiary/aromatic N) is 1. The van der Waals surface area contributed by atoms with E-state index in [9.17, 15) is 4.79 Å². The van der Waals surface area contributed by atoms with Crippen LogP contribution >= 0.6 is 11.3 Å². The molecular weight excluding hydrogens is 376 g/mol. The Hall–Kier alpha value is -2.98. The summed E-state index contributed by atoms with van der Waals surface area (Å²) in [6, 6.07) is 26.6. The van der Waals surface area contributed by atoms with Crippen molar-refractivity contribution in [2.45, 2.75) is 32.1 Å². The summed E-state index contributed by atoms with van der Waals surface area (Å²) in [7, 11) is 0. The SMILES string of the molecule is CC(C)c1cccc2sc(NC(=O)CC(c3ccccc3)c3ccccc3)nc12. The van der Waals surface area contributed by atoms with Gasteiger partial charge in [0.2, 0.25) is 5.91 Å². The zero-order valence-electron chi connectivity index (χ0n) is 16.6. The topological polar surface area (TPSA) is 42.0 Å². The molecule has 4 heteroatoms. The average Bonchev–Trinajstić information content (AvgIpc) is 3.15. The van der Waals surface area contributed by atoms with E-state index < -0.39 is 0 Å². The Bertz CT molecular complexity index is 1060. The highest BCUT2D eigenvalue weighted by Crippen LogP contribution is 2.33. The minimum Gasteiger partial charge on any atom is -0.302 e. The number of hydrogen-bond donors (Lipinski definition) is 1. The third kappa shape index (κ3) is 4.38. The standard InChI is InChI=1S/C25H24N2OS/c1-17(2)20-14-9-15-22-24(20)27-25(29-22)26-23(28)16-21(18-10-5-3-6-11-18)19-12-7-4-8-13-19/h3-15,17,21H,16H2,1-2H3,(H,26,27,28). The summed E-state index contributed by atoms with van der Waals surface area (Å²) < 4.78 is 1.11. The molecule has 0 radical (unpaired) electrons. The maximum absolute atomic E-state index is 12.9. The van der Waals surface area contributed by atoms with E-state index >= 15 is 0 Å². The molecule has 146 valence electrons. The molecular formula is C25H24N2OS. The van der Waals surface area contributed by atoms with E-state index in [1.165, 1.54) is 16.9 Å². The Kier molecular flexibility index (Phi) is 5.72. The molecule has 1 heterocycles. The van der Waals surface area contributed by atoms with Gasteiger partial charge < -0.3 is 5.32 Å². The Morgan fingerprint density at radius 2 is 1.52 bits per heavy atom. The summed E-state index contributed by atoms with van der Waals surface area (Å²) in [5, 5.41) is 3.70. The van der Waals surface area contributed by atoms with Crippen molar-refractivity contribution in [3.63, 3.8) is 0 Å². The first-order valence-corrected chi connectivity index (χ1v) is 10.7. The van der Waals surface area contributed by atoms with E-state index in [1.54, 1.807) is 0 Å². The van der Waals surface area contributed by atoms with E-state index in [2.05, 4.69) is 61.6 Å². The van der Waals surface area contributed by atoms with Gasteiger partial charge >= 0.3 is 0 Å². The van der Waals surface area contributed by atoms with Gasteiger partial charge in [-0.15, -0.1) is 0 Å². The number of benzene rings is 3. The first-order valence-electron chi connectivity index (χ1n) is 9.91. The number of nitrogens with one attached hydrogen (secondary N) is 1. The smallest absolute Gasteiger partial charge is 0.227 e. The van der Waals surface area contributed by atoms with Gasteiger partial charge in [0.05, 0.1) is 10.2 Å². The molecule has 4 aromatic rings. The van der Waals surface area contributed by atoms with Gasteiger partial charge in [0.1, 0.15) is 0 Å². The number of hydrogen-bond acceptors (Lipinski definition) is 3. The van der Waals surface area contributed by atoms with Crippen LogP contribution in [-0.4, -0.2) is 10.9 Å². The normalized spacial score (nSPS) is 11.3. The van der Waals surface area contributed by atoms with Gasteiger partial charge in [-0.1, -0.05) is 98.0 Å². The lowest BCUT2D eigenvalue weighted by molar-refractivity contribution is -0.116.